The lowest BCUT2D eigenvalue weighted by Gasteiger charge is -2.15. The van der Waals surface area contributed by atoms with E-state index in [9.17, 15) is 0 Å². The number of rotatable bonds is 6. The molecule has 0 saturated carbocycles. The van der Waals surface area contributed by atoms with Crippen LogP contribution in [0.3, 0.4) is 0 Å². The maximum atomic E-state index is 5.36. The summed E-state index contributed by atoms with van der Waals surface area (Å²) in [4.78, 5) is 16.1. The largest absolute Gasteiger partial charge is 0.278 e. The van der Waals surface area contributed by atoms with Gasteiger partial charge in [0, 0.05) is 27.1 Å². The van der Waals surface area contributed by atoms with E-state index in [1.54, 1.807) is 0 Å². The molecule has 56 heavy (non-hydrogen) atoms. The first kappa shape index (κ1) is 31.9. The van der Waals surface area contributed by atoms with E-state index in [-0.39, 0.29) is 0 Å². The highest BCUT2D eigenvalue weighted by Gasteiger charge is 2.21. The van der Waals surface area contributed by atoms with Crippen LogP contribution in [-0.4, -0.2) is 24.1 Å². The maximum absolute atomic E-state index is 5.36. The van der Waals surface area contributed by atoms with Crippen molar-refractivity contribution in [3.63, 3.8) is 0 Å². The molecular formula is C51H33N5. The van der Waals surface area contributed by atoms with Gasteiger partial charge in [0.15, 0.2) is 5.82 Å². The fraction of sp³-hybridized carbons (Fsp3) is 0. The van der Waals surface area contributed by atoms with Gasteiger partial charge in [0.1, 0.15) is 0 Å². The van der Waals surface area contributed by atoms with Crippen LogP contribution in [0.2, 0.25) is 0 Å². The topological polar surface area (TPSA) is 48.5 Å². The van der Waals surface area contributed by atoms with Crippen molar-refractivity contribution in [3.8, 4) is 56.7 Å². The van der Waals surface area contributed by atoms with Gasteiger partial charge < -0.3 is 0 Å². The zero-order valence-corrected chi connectivity index (χ0v) is 30.3. The Balaban J connectivity index is 1.16. The normalized spacial score (nSPS) is 11.6. The van der Waals surface area contributed by atoms with Crippen LogP contribution < -0.4 is 0 Å². The molecule has 262 valence electrons. The van der Waals surface area contributed by atoms with Gasteiger partial charge in [0.2, 0.25) is 11.9 Å². The molecule has 0 radical (unpaired) electrons. The molecule has 0 N–H and O–H groups in total. The van der Waals surface area contributed by atoms with E-state index in [2.05, 4.69) is 209 Å². The van der Waals surface area contributed by atoms with E-state index in [1.165, 1.54) is 16.7 Å². The Morgan fingerprint density at radius 2 is 0.607 bits per heavy atom. The third kappa shape index (κ3) is 5.13. The van der Waals surface area contributed by atoms with E-state index < -0.39 is 0 Å². The second-order valence-electron chi connectivity index (χ2n) is 14.0. The van der Waals surface area contributed by atoms with E-state index in [0.717, 1.165) is 65.9 Å². The Hall–Kier alpha value is -7.63. The second kappa shape index (κ2) is 13.0. The van der Waals surface area contributed by atoms with Gasteiger partial charge in [-0.2, -0.15) is 15.0 Å². The SMILES string of the molecule is c1ccc(-c2ccccc2-c2cccc(-c3ccccc3-c3nc(-n4c5ccccc5c5ccccc54)nc(-n4c5ccccc5c5ccccc54)n3)c2)cc1. The summed E-state index contributed by atoms with van der Waals surface area (Å²) >= 11 is 0. The number of fused-ring (bicyclic) bond motifs is 6. The molecule has 0 bridgehead atoms. The molecule has 3 aromatic heterocycles. The number of benzene rings is 8. The molecule has 0 amide bonds. The molecule has 0 spiro atoms. The Morgan fingerprint density at radius 3 is 1.07 bits per heavy atom. The molecular weight excluding hydrogens is 683 g/mol. The van der Waals surface area contributed by atoms with E-state index in [4.69, 9.17) is 15.0 Å². The summed E-state index contributed by atoms with van der Waals surface area (Å²) in [5.41, 5.74) is 11.9. The summed E-state index contributed by atoms with van der Waals surface area (Å²) in [7, 11) is 0. The van der Waals surface area contributed by atoms with E-state index >= 15 is 0 Å². The standard InChI is InChI=1S/C51H33N5/c1-2-17-34(18-3-1)37-21-4-5-22-38(37)35-19-16-20-36(33-35)39-23-6-7-28-44(39)49-52-50(55-45-29-12-8-24-40(45)41-25-9-13-30-46(41)55)54-51(53-49)56-47-31-14-10-26-42(47)43-27-11-15-32-48(43)56/h1-33H. The quantitative estimate of drug-likeness (QED) is 0.172. The van der Waals surface area contributed by atoms with Crippen molar-refractivity contribution in [1.29, 1.82) is 0 Å². The van der Waals surface area contributed by atoms with Crippen molar-refractivity contribution in [3.05, 3.63) is 200 Å². The van der Waals surface area contributed by atoms with Crippen LogP contribution in [0.4, 0.5) is 0 Å². The molecule has 0 aliphatic rings. The number of para-hydroxylation sites is 4. The molecule has 0 aliphatic heterocycles. The van der Waals surface area contributed by atoms with Crippen molar-refractivity contribution in [2.24, 2.45) is 0 Å². The summed E-state index contributed by atoms with van der Waals surface area (Å²) in [6, 6.07) is 70.3. The molecule has 0 fully saturated rings. The Morgan fingerprint density at radius 1 is 0.268 bits per heavy atom. The number of nitrogens with zero attached hydrogens (tertiary/aromatic N) is 5. The Bertz CT molecular complexity index is 3030. The summed E-state index contributed by atoms with van der Waals surface area (Å²) in [5.74, 6) is 1.72. The van der Waals surface area contributed by atoms with Crippen molar-refractivity contribution in [1.82, 2.24) is 24.1 Å². The van der Waals surface area contributed by atoms with Crippen molar-refractivity contribution < 1.29 is 0 Å². The van der Waals surface area contributed by atoms with Crippen LogP contribution in [0.5, 0.6) is 0 Å². The van der Waals surface area contributed by atoms with Crippen molar-refractivity contribution in [2.75, 3.05) is 0 Å². The minimum Gasteiger partial charge on any atom is -0.278 e. The first-order valence-electron chi connectivity index (χ1n) is 18.9. The highest BCUT2D eigenvalue weighted by atomic mass is 15.3. The third-order valence-corrected chi connectivity index (χ3v) is 10.8. The van der Waals surface area contributed by atoms with Crippen LogP contribution in [0.25, 0.3) is 100 Å². The molecule has 11 aromatic rings. The Labute approximate surface area is 323 Å². The van der Waals surface area contributed by atoms with E-state index in [0.29, 0.717) is 17.7 Å². The minimum atomic E-state index is 0.560. The van der Waals surface area contributed by atoms with Crippen LogP contribution in [0, 0.1) is 0 Å². The Kier molecular flexibility index (Phi) is 7.42. The van der Waals surface area contributed by atoms with Gasteiger partial charge in [0.05, 0.1) is 22.1 Å². The van der Waals surface area contributed by atoms with Gasteiger partial charge in [-0.05, 0) is 63.7 Å². The lowest BCUT2D eigenvalue weighted by Crippen LogP contribution is -2.10. The van der Waals surface area contributed by atoms with Crippen LogP contribution in [-0.2, 0) is 0 Å². The molecule has 11 rings (SSSR count). The zero-order chi connectivity index (χ0) is 37.0. The maximum Gasteiger partial charge on any atom is 0.240 e. The number of hydrogen-bond donors (Lipinski definition) is 0. The van der Waals surface area contributed by atoms with Crippen LogP contribution in [0.1, 0.15) is 0 Å². The van der Waals surface area contributed by atoms with Gasteiger partial charge in [-0.15, -0.1) is 0 Å². The monoisotopic (exact) mass is 715 g/mol. The molecule has 0 saturated heterocycles. The minimum absolute atomic E-state index is 0.560. The van der Waals surface area contributed by atoms with Gasteiger partial charge in [0.25, 0.3) is 0 Å². The highest BCUT2D eigenvalue weighted by molar-refractivity contribution is 6.10. The molecule has 5 heteroatoms. The summed E-state index contributed by atoms with van der Waals surface area (Å²) in [6.07, 6.45) is 0. The lowest BCUT2D eigenvalue weighted by atomic mass is 9.91. The summed E-state index contributed by atoms with van der Waals surface area (Å²) in [6.45, 7) is 0. The molecule has 3 heterocycles. The smallest absolute Gasteiger partial charge is 0.240 e. The molecule has 0 aliphatic carbocycles. The van der Waals surface area contributed by atoms with Crippen LogP contribution >= 0.6 is 0 Å². The summed E-state index contributed by atoms with van der Waals surface area (Å²) in [5, 5.41) is 4.60. The van der Waals surface area contributed by atoms with Gasteiger partial charge in [-0.1, -0.05) is 170 Å². The van der Waals surface area contributed by atoms with Crippen LogP contribution in [0.15, 0.2) is 200 Å². The first-order chi connectivity index (χ1) is 27.8. The number of aromatic nitrogens is 5. The highest BCUT2D eigenvalue weighted by Crippen LogP contribution is 2.38. The molecule has 8 aromatic carbocycles. The number of hydrogen-bond acceptors (Lipinski definition) is 3. The summed E-state index contributed by atoms with van der Waals surface area (Å²) < 4.78 is 4.36. The van der Waals surface area contributed by atoms with Crippen molar-refractivity contribution in [2.45, 2.75) is 0 Å². The van der Waals surface area contributed by atoms with E-state index in [1.807, 2.05) is 0 Å². The molecule has 0 unspecified atom stereocenters. The average Bonchev–Trinajstić information content (AvgIpc) is 3.80. The van der Waals surface area contributed by atoms with Crippen molar-refractivity contribution >= 4 is 43.6 Å². The zero-order valence-electron chi connectivity index (χ0n) is 30.3. The van der Waals surface area contributed by atoms with Gasteiger partial charge in [-0.25, -0.2) is 0 Å². The van der Waals surface area contributed by atoms with Gasteiger partial charge in [-0.3, -0.25) is 9.13 Å². The predicted molar refractivity (Wildman–Crippen MR) is 230 cm³/mol. The average molecular weight is 716 g/mol. The second-order valence-corrected chi connectivity index (χ2v) is 14.0. The molecule has 0 atom stereocenters. The third-order valence-electron chi connectivity index (χ3n) is 10.8. The molecule has 5 nitrogen and oxygen atoms in total. The fourth-order valence-corrected chi connectivity index (χ4v) is 8.34. The predicted octanol–water partition coefficient (Wildman–Crippen LogP) is 12.7. The van der Waals surface area contributed by atoms with Gasteiger partial charge >= 0.3 is 0 Å². The fourth-order valence-electron chi connectivity index (χ4n) is 8.34. The first-order valence-corrected chi connectivity index (χ1v) is 18.9. The lowest BCUT2D eigenvalue weighted by molar-refractivity contribution is 0.893.